The quantitative estimate of drug-likeness (QED) is 0.792. The van der Waals surface area contributed by atoms with Crippen LogP contribution in [0.15, 0.2) is 42.9 Å². The Morgan fingerprint density at radius 1 is 1.19 bits per heavy atom. The summed E-state index contributed by atoms with van der Waals surface area (Å²) >= 11 is 0. The molecule has 2 N–H and O–H groups in total. The number of benzene rings is 1. The van der Waals surface area contributed by atoms with Gasteiger partial charge in [0.1, 0.15) is 0 Å². The van der Waals surface area contributed by atoms with Crippen molar-refractivity contribution >= 4 is 0 Å². The van der Waals surface area contributed by atoms with E-state index in [1.807, 2.05) is 30.7 Å². The Labute approximate surface area is 128 Å². The number of aromatic nitrogens is 2. The number of hydrogen-bond donors (Lipinski definition) is 1. The van der Waals surface area contributed by atoms with Gasteiger partial charge in [-0.3, -0.25) is 0 Å². The Morgan fingerprint density at radius 2 is 1.95 bits per heavy atom. The molecule has 0 aliphatic heterocycles. The Balaban J connectivity index is 2.11. The molecule has 0 bridgehead atoms. The van der Waals surface area contributed by atoms with Crippen LogP contribution in [0.4, 0.5) is 0 Å². The van der Waals surface area contributed by atoms with Crippen molar-refractivity contribution in [3.8, 4) is 0 Å². The van der Waals surface area contributed by atoms with E-state index in [-0.39, 0.29) is 6.04 Å². The number of nitrogens with zero attached hydrogens (tertiary/aromatic N) is 2. The van der Waals surface area contributed by atoms with Crippen LogP contribution in [0.25, 0.3) is 0 Å². The lowest BCUT2D eigenvalue weighted by atomic mass is 9.98. The molecule has 0 radical (unpaired) electrons. The van der Waals surface area contributed by atoms with Crippen molar-refractivity contribution in [2.24, 2.45) is 11.7 Å². The van der Waals surface area contributed by atoms with E-state index in [9.17, 15) is 0 Å². The number of nitrogens with two attached hydrogens (primary N) is 1. The summed E-state index contributed by atoms with van der Waals surface area (Å²) in [7, 11) is 0. The predicted octanol–water partition coefficient (Wildman–Crippen LogP) is 4.15. The molecule has 0 fully saturated rings. The summed E-state index contributed by atoms with van der Waals surface area (Å²) in [4.78, 5) is 4.32. The minimum Gasteiger partial charge on any atom is -0.333 e. The lowest BCUT2D eigenvalue weighted by Crippen LogP contribution is -2.19. The van der Waals surface area contributed by atoms with Crippen molar-refractivity contribution in [2.75, 3.05) is 0 Å². The van der Waals surface area contributed by atoms with Crippen molar-refractivity contribution in [3.05, 3.63) is 54.1 Å². The molecule has 2 atom stereocenters. The van der Waals surface area contributed by atoms with Crippen LogP contribution >= 0.6 is 0 Å². The van der Waals surface area contributed by atoms with Crippen LogP contribution in [-0.2, 0) is 6.54 Å². The molecule has 1 aromatic carbocycles. The fourth-order valence-electron chi connectivity index (χ4n) is 2.77. The van der Waals surface area contributed by atoms with Crippen LogP contribution in [0, 0.1) is 5.92 Å². The highest BCUT2D eigenvalue weighted by molar-refractivity contribution is 5.26. The summed E-state index contributed by atoms with van der Waals surface area (Å²) in [6.07, 6.45) is 8.88. The van der Waals surface area contributed by atoms with Gasteiger partial charge in [-0.25, -0.2) is 4.98 Å². The van der Waals surface area contributed by atoms with E-state index in [2.05, 4.69) is 35.5 Å². The van der Waals surface area contributed by atoms with E-state index < -0.39 is 0 Å². The standard InChI is InChI=1S/C18H27N3/c1-3-5-9-15(4-2)13-21-14-20-12-17(21)18(19)16-10-7-6-8-11-16/h6-8,10-12,14-15,18H,3-5,9,13,19H2,1-2H3. The molecule has 21 heavy (non-hydrogen) atoms. The molecular formula is C18H27N3. The fourth-order valence-corrected chi connectivity index (χ4v) is 2.77. The van der Waals surface area contributed by atoms with Crippen LogP contribution < -0.4 is 5.73 Å². The van der Waals surface area contributed by atoms with Crippen LogP contribution in [-0.4, -0.2) is 9.55 Å². The van der Waals surface area contributed by atoms with Gasteiger partial charge in [-0.2, -0.15) is 0 Å². The molecule has 0 saturated heterocycles. The minimum absolute atomic E-state index is 0.0996. The zero-order chi connectivity index (χ0) is 15.1. The maximum absolute atomic E-state index is 6.42. The summed E-state index contributed by atoms with van der Waals surface area (Å²) in [5.41, 5.74) is 8.67. The molecule has 1 aromatic heterocycles. The largest absolute Gasteiger partial charge is 0.333 e. The van der Waals surface area contributed by atoms with Crippen LogP contribution in [0.2, 0.25) is 0 Å². The highest BCUT2D eigenvalue weighted by Gasteiger charge is 2.15. The number of imidazole rings is 1. The second-order valence-corrected chi connectivity index (χ2v) is 5.78. The summed E-state index contributed by atoms with van der Waals surface area (Å²) in [5, 5.41) is 0. The zero-order valence-electron chi connectivity index (χ0n) is 13.2. The molecule has 0 aliphatic rings. The first-order valence-corrected chi connectivity index (χ1v) is 8.06. The number of unbranched alkanes of at least 4 members (excludes halogenated alkanes) is 1. The van der Waals surface area contributed by atoms with Gasteiger partial charge >= 0.3 is 0 Å². The third-order valence-electron chi connectivity index (χ3n) is 4.22. The van der Waals surface area contributed by atoms with Crippen LogP contribution in [0.3, 0.4) is 0 Å². The van der Waals surface area contributed by atoms with Gasteiger partial charge in [0.25, 0.3) is 0 Å². The molecule has 3 heteroatoms. The Hall–Kier alpha value is -1.61. The second-order valence-electron chi connectivity index (χ2n) is 5.78. The van der Waals surface area contributed by atoms with Crippen LogP contribution in [0.1, 0.15) is 56.8 Å². The first kappa shape index (κ1) is 15.8. The van der Waals surface area contributed by atoms with E-state index in [0.717, 1.165) is 17.8 Å². The Kier molecular flexibility index (Phi) is 6.00. The molecular weight excluding hydrogens is 258 g/mol. The summed E-state index contributed by atoms with van der Waals surface area (Å²) in [6, 6.07) is 10.1. The van der Waals surface area contributed by atoms with Crippen LogP contribution in [0.5, 0.6) is 0 Å². The third-order valence-corrected chi connectivity index (χ3v) is 4.22. The van der Waals surface area contributed by atoms with Crippen molar-refractivity contribution in [3.63, 3.8) is 0 Å². The van der Waals surface area contributed by atoms with Crippen molar-refractivity contribution in [1.82, 2.24) is 9.55 Å². The predicted molar refractivity (Wildman–Crippen MR) is 88.0 cm³/mol. The van der Waals surface area contributed by atoms with E-state index >= 15 is 0 Å². The first-order chi connectivity index (χ1) is 10.3. The molecule has 0 aliphatic carbocycles. The highest BCUT2D eigenvalue weighted by Crippen LogP contribution is 2.22. The van der Waals surface area contributed by atoms with Crippen molar-refractivity contribution in [1.29, 1.82) is 0 Å². The molecule has 114 valence electrons. The van der Waals surface area contributed by atoms with Gasteiger partial charge in [0, 0.05) is 6.54 Å². The maximum Gasteiger partial charge on any atom is 0.0948 e. The van der Waals surface area contributed by atoms with Gasteiger partial charge in [0.15, 0.2) is 0 Å². The average Bonchev–Trinajstić information content (AvgIpc) is 2.99. The Morgan fingerprint density at radius 3 is 2.62 bits per heavy atom. The minimum atomic E-state index is -0.0996. The smallest absolute Gasteiger partial charge is 0.0948 e. The summed E-state index contributed by atoms with van der Waals surface area (Å²) in [5.74, 6) is 0.709. The fraction of sp³-hybridized carbons (Fsp3) is 0.500. The summed E-state index contributed by atoms with van der Waals surface area (Å²) in [6.45, 7) is 5.54. The third kappa shape index (κ3) is 4.18. The maximum atomic E-state index is 6.42. The monoisotopic (exact) mass is 285 g/mol. The molecule has 3 nitrogen and oxygen atoms in total. The van der Waals surface area contributed by atoms with Gasteiger partial charge < -0.3 is 10.3 Å². The SMILES string of the molecule is CCCCC(CC)Cn1cncc1C(N)c1ccccc1. The summed E-state index contributed by atoms with van der Waals surface area (Å²) < 4.78 is 2.24. The van der Waals surface area contributed by atoms with E-state index in [1.165, 1.54) is 25.7 Å². The molecule has 2 rings (SSSR count). The van der Waals surface area contributed by atoms with Crippen molar-refractivity contribution < 1.29 is 0 Å². The number of rotatable bonds is 8. The van der Waals surface area contributed by atoms with Gasteiger partial charge in [-0.15, -0.1) is 0 Å². The first-order valence-electron chi connectivity index (χ1n) is 8.06. The van der Waals surface area contributed by atoms with E-state index in [1.54, 1.807) is 0 Å². The van der Waals surface area contributed by atoms with Gasteiger partial charge in [-0.1, -0.05) is 63.4 Å². The molecule has 2 unspecified atom stereocenters. The molecule has 0 saturated carbocycles. The highest BCUT2D eigenvalue weighted by atomic mass is 15.1. The van der Waals surface area contributed by atoms with Gasteiger partial charge in [-0.05, 0) is 17.9 Å². The molecule has 2 aromatic rings. The molecule has 0 spiro atoms. The lowest BCUT2D eigenvalue weighted by molar-refractivity contribution is 0.383. The van der Waals surface area contributed by atoms with Gasteiger partial charge in [0.2, 0.25) is 0 Å². The van der Waals surface area contributed by atoms with E-state index in [0.29, 0.717) is 5.92 Å². The zero-order valence-corrected chi connectivity index (χ0v) is 13.2. The topological polar surface area (TPSA) is 43.8 Å². The Bertz CT molecular complexity index is 518. The average molecular weight is 285 g/mol. The molecule has 0 amide bonds. The van der Waals surface area contributed by atoms with Crippen molar-refractivity contribution in [2.45, 2.75) is 52.1 Å². The van der Waals surface area contributed by atoms with E-state index in [4.69, 9.17) is 5.73 Å². The van der Waals surface area contributed by atoms with Gasteiger partial charge in [0.05, 0.1) is 24.3 Å². The normalized spacial score (nSPS) is 14.0. The second kappa shape index (κ2) is 7.99. The number of hydrogen-bond acceptors (Lipinski definition) is 2. The molecule has 1 heterocycles. The lowest BCUT2D eigenvalue weighted by Gasteiger charge is -2.20.